The number of nitrogens with zero attached hydrogens (tertiary/aromatic N) is 2. The Morgan fingerprint density at radius 3 is 2.60 bits per heavy atom. The Balaban J connectivity index is 1.50. The van der Waals surface area contributed by atoms with Gasteiger partial charge in [0.1, 0.15) is 11.1 Å². The molecule has 2 heterocycles. The van der Waals surface area contributed by atoms with Crippen molar-refractivity contribution in [1.29, 1.82) is 5.26 Å². The van der Waals surface area contributed by atoms with Gasteiger partial charge in [0, 0.05) is 45.9 Å². The number of rotatable bonds is 6. The summed E-state index contributed by atoms with van der Waals surface area (Å²) in [5, 5.41) is 14.6. The van der Waals surface area contributed by atoms with E-state index < -0.39 is 9.84 Å². The number of benzene rings is 2. The number of carbonyl (C=O) groups is 1. The van der Waals surface area contributed by atoms with Crippen molar-refractivity contribution in [2.75, 3.05) is 11.6 Å². The van der Waals surface area contributed by atoms with Crippen LogP contribution in [0.5, 0.6) is 0 Å². The Morgan fingerprint density at radius 1 is 1.23 bits per heavy atom. The van der Waals surface area contributed by atoms with Crippen LogP contribution in [-0.4, -0.2) is 31.5 Å². The van der Waals surface area contributed by atoms with Crippen molar-refractivity contribution in [2.24, 2.45) is 0 Å². The number of nitrogens with one attached hydrogen (secondary N) is 1. The molecule has 0 aliphatic carbocycles. The van der Waals surface area contributed by atoms with Gasteiger partial charge in [0.25, 0.3) is 0 Å². The molecule has 1 aliphatic heterocycles. The number of halogens is 2. The van der Waals surface area contributed by atoms with Gasteiger partial charge < -0.3 is 5.32 Å². The minimum atomic E-state index is -3.29. The van der Waals surface area contributed by atoms with Crippen LogP contribution in [0.1, 0.15) is 34.1 Å². The molecule has 4 rings (SSSR count). The Morgan fingerprint density at radius 2 is 1.94 bits per heavy atom. The molecule has 0 fully saturated rings. The summed E-state index contributed by atoms with van der Waals surface area (Å²) >= 11 is 14.0. The maximum Gasteiger partial charge on any atom is 0.229 e. The predicted octanol–water partition coefficient (Wildman–Crippen LogP) is 5.46. The van der Waals surface area contributed by atoms with Gasteiger partial charge in [-0.1, -0.05) is 35.3 Å². The lowest BCUT2D eigenvalue weighted by molar-refractivity contribution is -0.115. The molecule has 35 heavy (non-hydrogen) atoms. The molecule has 1 unspecified atom stereocenters. The summed E-state index contributed by atoms with van der Waals surface area (Å²) in [4.78, 5) is 16.3. The van der Waals surface area contributed by atoms with Gasteiger partial charge in [-0.3, -0.25) is 9.69 Å². The van der Waals surface area contributed by atoms with Crippen molar-refractivity contribution in [3.63, 3.8) is 0 Å². The zero-order valence-corrected chi connectivity index (χ0v) is 22.3. The Kier molecular flexibility index (Phi) is 7.55. The number of thiophene rings is 1. The van der Waals surface area contributed by atoms with Crippen molar-refractivity contribution in [3.8, 4) is 6.07 Å². The first-order valence-electron chi connectivity index (χ1n) is 10.9. The normalized spacial score (nSPS) is 15.9. The minimum absolute atomic E-state index is 0.0767. The van der Waals surface area contributed by atoms with Crippen molar-refractivity contribution in [2.45, 2.75) is 43.8 Å². The molecule has 1 amide bonds. The van der Waals surface area contributed by atoms with E-state index >= 15 is 0 Å². The number of hydrogen-bond donors (Lipinski definition) is 1. The minimum Gasteiger partial charge on any atom is -0.316 e. The van der Waals surface area contributed by atoms with Crippen LogP contribution in [0, 0.1) is 11.3 Å². The summed E-state index contributed by atoms with van der Waals surface area (Å²) in [6, 6.07) is 14.1. The number of sulfone groups is 1. The topological polar surface area (TPSA) is 90.3 Å². The summed E-state index contributed by atoms with van der Waals surface area (Å²) in [7, 11) is -3.29. The second-order valence-corrected chi connectivity index (χ2v) is 12.6. The van der Waals surface area contributed by atoms with Gasteiger partial charge in [-0.25, -0.2) is 8.42 Å². The van der Waals surface area contributed by atoms with Crippen LogP contribution in [0.2, 0.25) is 10.0 Å². The summed E-state index contributed by atoms with van der Waals surface area (Å²) in [5.74, 6) is -0.261. The predicted molar refractivity (Wildman–Crippen MR) is 140 cm³/mol. The highest BCUT2D eigenvalue weighted by molar-refractivity contribution is 7.90. The SMILES string of the molecule is CC1Cc2sc(NC(=O)Cc3ccc(S(C)(=O)=O)cc3)c(C#N)c2CN1Cc1cc(Cl)ccc1Cl. The maximum absolute atomic E-state index is 12.7. The fourth-order valence-corrected chi connectivity index (χ4v) is 6.41. The molecule has 182 valence electrons. The number of hydrogen-bond acceptors (Lipinski definition) is 6. The Hall–Kier alpha value is -2.41. The Bertz CT molecular complexity index is 1430. The number of carbonyl (C=O) groups excluding carboxylic acids is 1. The standard InChI is InChI=1S/C25H23Cl2N3O3S2/c1-15-9-23-21(14-30(15)13-17-11-18(26)5-8-22(17)27)20(12-28)25(34-23)29-24(31)10-16-3-6-19(7-4-16)35(2,32)33/h3-8,11,15H,9-10,13-14H2,1-2H3,(H,29,31). The molecule has 1 aliphatic rings. The lowest BCUT2D eigenvalue weighted by Gasteiger charge is -2.33. The quantitative estimate of drug-likeness (QED) is 0.442. The van der Waals surface area contributed by atoms with Crippen LogP contribution >= 0.6 is 34.5 Å². The van der Waals surface area contributed by atoms with E-state index in [1.807, 2.05) is 6.07 Å². The molecule has 3 aromatic rings. The molecule has 6 nitrogen and oxygen atoms in total. The molecule has 1 aromatic heterocycles. The number of nitriles is 1. The summed E-state index contributed by atoms with van der Waals surface area (Å²) in [5.41, 5.74) is 3.04. The summed E-state index contributed by atoms with van der Waals surface area (Å²) in [6.07, 6.45) is 1.98. The van der Waals surface area contributed by atoms with Crippen molar-refractivity contribution in [3.05, 3.63) is 79.6 Å². The highest BCUT2D eigenvalue weighted by atomic mass is 35.5. The molecule has 1 atom stereocenters. The zero-order chi connectivity index (χ0) is 25.3. The van der Waals surface area contributed by atoms with Crippen molar-refractivity contribution >= 4 is 55.3 Å². The third-order valence-corrected chi connectivity index (χ3v) is 8.92. The fourth-order valence-electron chi connectivity index (χ4n) is 4.11. The van der Waals surface area contributed by atoms with Crippen LogP contribution in [0.15, 0.2) is 47.4 Å². The summed E-state index contributed by atoms with van der Waals surface area (Å²) in [6.45, 7) is 3.30. The average Bonchev–Trinajstić information content (AvgIpc) is 3.11. The molecule has 1 N–H and O–H groups in total. The van der Waals surface area contributed by atoms with Gasteiger partial charge in [0.15, 0.2) is 9.84 Å². The smallest absolute Gasteiger partial charge is 0.229 e. The molecule has 0 bridgehead atoms. The van der Waals surface area contributed by atoms with Gasteiger partial charge in [-0.2, -0.15) is 5.26 Å². The third-order valence-electron chi connectivity index (χ3n) is 6.02. The second kappa shape index (κ2) is 10.3. The molecule has 2 aromatic carbocycles. The number of anilines is 1. The molecule has 0 spiro atoms. The van der Waals surface area contributed by atoms with E-state index in [2.05, 4.69) is 23.2 Å². The van der Waals surface area contributed by atoms with Gasteiger partial charge in [-0.05, 0) is 54.8 Å². The monoisotopic (exact) mass is 547 g/mol. The van der Waals surface area contributed by atoms with Crippen molar-refractivity contribution < 1.29 is 13.2 Å². The number of amides is 1. The maximum atomic E-state index is 12.7. The third kappa shape index (κ3) is 5.88. The van der Waals surface area contributed by atoms with Gasteiger partial charge in [0.05, 0.1) is 16.9 Å². The van der Waals surface area contributed by atoms with E-state index in [9.17, 15) is 18.5 Å². The van der Waals surface area contributed by atoms with E-state index in [-0.39, 0.29) is 23.3 Å². The first kappa shape index (κ1) is 25.7. The van der Waals surface area contributed by atoms with Crippen LogP contribution in [0.4, 0.5) is 5.00 Å². The highest BCUT2D eigenvalue weighted by Gasteiger charge is 2.30. The van der Waals surface area contributed by atoms with Crippen LogP contribution in [0.25, 0.3) is 0 Å². The van der Waals surface area contributed by atoms with Crippen LogP contribution in [-0.2, 0) is 40.6 Å². The average molecular weight is 549 g/mol. The first-order valence-corrected chi connectivity index (χ1v) is 14.3. The van der Waals surface area contributed by atoms with Gasteiger partial charge in [-0.15, -0.1) is 11.3 Å². The number of fused-ring (bicyclic) bond motifs is 1. The van der Waals surface area contributed by atoms with Crippen LogP contribution < -0.4 is 5.32 Å². The molecule has 10 heteroatoms. The van der Waals surface area contributed by atoms with Gasteiger partial charge in [0.2, 0.25) is 5.91 Å². The molecular weight excluding hydrogens is 525 g/mol. The molecule has 0 saturated carbocycles. The largest absolute Gasteiger partial charge is 0.316 e. The van der Waals surface area contributed by atoms with Gasteiger partial charge >= 0.3 is 0 Å². The van der Waals surface area contributed by atoms with E-state index in [1.165, 1.54) is 23.5 Å². The highest BCUT2D eigenvalue weighted by Crippen LogP contribution is 2.39. The lowest BCUT2D eigenvalue weighted by Crippen LogP contribution is -2.37. The Labute approximate surface area is 219 Å². The van der Waals surface area contributed by atoms with E-state index in [0.717, 1.165) is 28.7 Å². The summed E-state index contributed by atoms with van der Waals surface area (Å²) < 4.78 is 23.3. The molecular formula is C25H23Cl2N3O3S2. The van der Waals surface area contributed by atoms with Crippen LogP contribution in [0.3, 0.4) is 0 Å². The zero-order valence-electron chi connectivity index (χ0n) is 19.1. The van der Waals surface area contributed by atoms with E-state index in [1.54, 1.807) is 24.3 Å². The van der Waals surface area contributed by atoms with E-state index in [4.69, 9.17) is 23.2 Å². The lowest BCUT2D eigenvalue weighted by atomic mass is 9.99. The first-order chi connectivity index (χ1) is 16.5. The fraction of sp³-hybridized carbons (Fsp3) is 0.280. The molecule has 0 radical (unpaired) electrons. The molecule has 0 saturated heterocycles. The second-order valence-electron chi connectivity index (χ2n) is 8.65. The van der Waals surface area contributed by atoms with Crippen molar-refractivity contribution in [1.82, 2.24) is 4.90 Å². The van der Waals surface area contributed by atoms with E-state index in [0.29, 0.717) is 39.3 Å².